The van der Waals surface area contributed by atoms with Gasteiger partial charge in [-0.2, -0.15) is 0 Å². The molecule has 0 N–H and O–H groups in total. The maximum Gasteiger partial charge on any atom is 0.126 e. The molecular formula is C13H15ClF2. The van der Waals surface area contributed by atoms with Crippen molar-refractivity contribution in [3.8, 4) is 0 Å². The molecule has 1 saturated carbocycles. The third kappa shape index (κ3) is 3.44. The van der Waals surface area contributed by atoms with E-state index in [2.05, 4.69) is 0 Å². The van der Waals surface area contributed by atoms with Gasteiger partial charge in [-0.25, -0.2) is 8.78 Å². The highest BCUT2D eigenvalue weighted by Crippen LogP contribution is 2.37. The molecule has 0 saturated heterocycles. The first-order valence-electron chi connectivity index (χ1n) is 5.74. The van der Waals surface area contributed by atoms with Crippen molar-refractivity contribution in [3.05, 3.63) is 35.4 Å². The molecule has 0 bridgehead atoms. The summed E-state index contributed by atoms with van der Waals surface area (Å²) >= 11 is 6.16. The van der Waals surface area contributed by atoms with Crippen molar-refractivity contribution < 1.29 is 8.78 Å². The van der Waals surface area contributed by atoms with Crippen LogP contribution in [0.2, 0.25) is 0 Å². The van der Waals surface area contributed by atoms with E-state index in [-0.39, 0.29) is 5.38 Å². The van der Waals surface area contributed by atoms with E-state index in [0.717, 1.165) is 24.5 Å². The van der Waals surface area contributed by atoms with Gasteiger partial charge in [-0.3, -0.25) is 0 Å². The predicted molar refractivity (Wildman–Crippen MR) is 61.7 cm³/mol. The normalized spacial score (nSPS) is 17.4. The Kier molecular flexibility index (Phi) is 3.80. The van der Waals surface area contributed by atoms with Gasteiger partial charge in [-0.05, 0) is 55.7 Å². The molecule has 1 aromatic rings. The summed E-state index contributed by atoms with van der Waals surface area (Å²) in [7, 11) is 0. The predicted octanol–water partition coefficient (Wildman–Crippen LogP) is 4.30. The Morgan fingerprint density at radius 1 is 1.19 bits per heavy atom. The van der Waals surface area contributed by atoms with Crippen LogP contribution < -0.4 is 0 Å². The van der Waals surface area contributed by atoms with Crippen LogP contribution in [0.3, 0.4) is 0 Å². The fraction of sp³-hybridized carbons (Fsp3) is 0.538. The van der Waals surface area contributed by atoms with Gasteiger partial charge in [-0.1, -0.05) is 0 Å². The quantitative estimate of drug-likeness (QED) is 0.678. The standard InChI is InChI=1S/C13H15ClF2/c14-13(10-4-5-10)3-1-2-9-6-11(15)8-12(16)7-9/h6-8,10,13H,1-5H2. The number of alkyl halides is 1. The van der Waals surface area contributed by atoms with E-state index in [9.17, 15) is 8.78 Å². The molecular weight excluding hydrogens is 230 g/mol. The zero-order valence-corrected chi connectivity index (χ0v) is 9.81. The highest BCUT2D eigenvalue weighted by atomic mass is 35.5. The summed E-state index contributed by atoms with van der Waals surface area (Å²) in [6, 6.07) is 3.69. The number of rotatable bonds is 5. The molecule has 1 fully saturated rings. The van der Waals surface area contributed by atoms with E-state index in [1.165, 1.54) is 25.0 Å². The lowest BCUT2D eigenvalue weighted by molar-refractivity contribution is 0.575. The minimum atomic E-state index is -0.500. The minimum Gasteiger partial charge on any atom is -0.207 e. The average molecular weight is 245 g/mol. The lowest BCUT2D eigenvalue weighted by Crippen LogP contribution is -2.01. The number of hydrogen-bond donors (Lipinski definition) is 0. The molecule has 0 nitrogen and oxygen atoms in total. The maximum atomic E-state index is 12.9. The van der Waals surface area contributed by atoms with Crippen LogP contribution in [0.5, 0.6) is 0 Å². The summed E-state index contributed by atoms with van der Waals surface area (Å²) in [4.78, 5) is 0. The first-order chi connectivity index (χ1) is 7.65. The Morgan fingerprint density at radius 3 is 2.38 bits per heavy atom. The summed E-state index contributed by atoms with van der Waals surface area (Å²) in [5.74, 6) is -0.315. The van der Waals surface area contributed by atoms with Gasteiger partial charge < -0.3 is 0 Å². The van der Waals surface area contributed by atoms with Crippen LogP contribution in [0.4, 0.5) is 8.78 Å². The van der Waals surface area contributed by atoms with Crippen molar-refractivity contribution in [1.82, 2.24) is 0 Å². The van der Waals surface area contributed by atoms with E-state index in [4.69, 9.17) is 11.6 Å². The first-order valence-corrected chi connectivity index (χ1v) is 6.18. The van der Waals surface area contributed by atoms with E-state index < -0.39 is 11.6 Å². The van der Waals surface area contributed by atoms with Crippen LogP contribution in [0.1, 0.15) is 31.2 Å². The van der Waals surface area contributed by atoms with E-state index in [1.54, 1.807) is 0 Å². The minimum absolute atomic E-state index is 0.249. The highest BCUT2D eigenvalue weighted by molar-refractivity contribution is 6.20. The molecule has 2 rings (SSSR count). The zero-order chi connectivity index (χ0) is 11.5. The van der Waals surface area contributed by atoms with Gasteiger partial charge in [0, 0.05) is 11.4 Å². The smallest absolute Gasteiger partial charge is 0.126 e. The van der Waals surface area contributed by atoms with Crippen molar-refractivity contribution in [2.75, 3.05) is 0 Å². The molecule has 16 heavy (non-hydrogen) atoms. The molecule has 0 amide bonds. The summed E-state index contributed by atoms with van der Waals surface area (Å²) in [5.41, 5.74) is 0.720. The fourth-order valence-electron chi connectivity index (χ4n) is 1.95. The second kappa shape index (κ2) is 5.13. The third-order valence-corrected chi connectivity index (χ3v) is 3.58. The highest BCUT2D eigenvalue weighted by Gasteiger charge is 2.28. The van der Waals surface area contributed by atoms with E-state index in [1.807, 2.05) is 0 Å². The molecule has 1 unspecified atom stereocenters. The second-order valence-corrected chi connectivity index (χ2v) is 5.08. The topological polar surface area (TPSA) is 0 Å². The average Bonchev–Trinajstić information content (AvgIpc) is 2.98. The van der Waals surface area contributed by atoms with Crippen LogP contribution in [0.25, 0.3) is 0 Å². The summed E-state index contributed by atoms with van der Waals surface area (Å²) in [5, 5.41) is 0.249. The Bertz CT molecular complexity index is 341. The largest absolute Gasteiger partial charge is 0.207 e. The number of halogens is 3. The molecule has 0 radical (unpaired) electrons. The summed E-state index contributed by atoms with van der Waals surface area (Å²) in [6.07, 6.45) is 5.01. The first kappa shape index (κ1) is 11.8. The Labute approximate surface area is 99.6 Å². The van der Waals surface area contributed by atoms with Gasteiger partial charge in [0.25, 0.3) is 0 Å². The lowest BCUT2D eigenvalue weighted by Gasteiger charge is -2.07. The summed E-state index contributed by atoms with van der Waals surface area (Å²) < 4.78 is 25.8. The van der Waals surface area contributed by atoms with Crippen molar-refractivity contribution in [2.24, 2.45) is 5.92 Å². The zero-order valence-electron chi connectivity index (χ0n) is 9.06. The van der Waals surface area contributed by atoms with E-state index >= 15 is 0 Å². The molecule has 0 aliphatic heterocycles. The SMILES string of the molecule is Fc1cc(F)cc(CCCC(Cl)C2CC2)c1. The Hall–Kier alpha value is -0.630. The Morgan fingerprint density at radius 2 is 1.81 bits per heavy atom. The third-order valence-electron chi connectivity index (χ3n) is 3.00. The van der Waals surface area contributed by atoms with Gasteiger partial charge in [0.2, 0.25) is 0 Å². The molecule has 0 heterocycles. The molecule has 1 aliphatic carbocycles. The van der Waals surface area contributed by atoms with Crippen LogP contribution in [-0.2, 0) is 6.42 Å². The van der Waals surface area contributed by atoms with Crippen molar-refractivity contribution in [3.63, 3.8) is 0 Å². The van der Waals surface area contributed by atoms with Gasteiger partial charge in [0.1, 0.15) is 11.6 Å². The van der Waals surface area contributed by atoms with Gasteiger partial charge in [0.15, 0.2) is 0 Å². The van der Waals surface area contributed by atoms with E-state index in [0.29, 0.717) is 12.3 Å². The molecule has 1 aliphatic rings. The lowest BCUT2D eigenvalue weighted by atomic mass is 10.1. The van der Waals surface area contributed by atoms with Gasteiger partial charge >= 0.3 is 0 Å². The fourth-order valence-corrected chi connectivity index (χ4v) is 2.36. The summed E-state index contributed by atoms with van der Waals surface area (Å²) in [6.45, 7) is 0. The number of aryl methyl sites for hydroxylation is 1. The van der Waals surface area contributed by atoms with Crippen LogP contribution in [0, 0.1) is 17.6 Å². The molecule has 0 spiro atoms. The van der Waals surface area contributed by atoms with Crippen LogP contribution >= 0.6 is 11.6 Å². The van der Waals surface area contributed by atoms with Crippen molar-refractivity contribution >= 4 is 11.6 Å². The van der Waals surface area contributed by atoms with Crippen LogP contribution in [-0.4, -0.2) is 5.38 Å². The molecule has 1 atom stereocenters. The molecule has 3 heteroatoms. The maximum absolute atomic E-state index is 12.9. The molecule has 88 valence electrons. The monoisotopic (exact) mass is 244 g/mol. The van der Waals surface area contributed by atoms with Crippen molar-refractivity contribution in [2.45, 2.75) is 37.5 Å². The molecule has 0 aromatic heterocycles. The van der Waals surface area contributed by atoms with Crippen molar-refractivity contribution in [1.29, 1.82) is 0 Å². The van der Waals surface area contributed by atoms with Gasteiger partial charge in [0.05, 0.1) is 0 Å². The number of benzene rings is 1. The Balaban J connectivity index is 1.79. The number of hydrogen-bond acceptors (Lipinski definition) is 0. The van der Waals surface area contributed by atoms with Crippen LogP contribution in [0.15, 0.2) is 18.2 Å². The second-order valence-electron chi connectivity index (χ2n) is 4.52. The van der Waals surface area contributed by atoms with Gasteiger partial charge in [-0.15, -0.1) is 11.6 Å². The molecule has 1 aromatic carbocycles.